The van der Waals surface area contributed by atoms with Gasteiger partial charge in [-0.2, -0.15) is 0 Å². The van der Waals surface area contributed by atoms with Gasteiger partial charge in [-0.1, -0.05) is 41.5 Å². The molecule has 0 saturated carbocycles. The first-order valence-electron chi connectivity index (χ1n) is 8.10. The lowest BCUT2D eigenvalue weighted by Gasteiger charge is -2.30. The molecule has 0 fully saturated rings. The van der Waals surface area contributed by atoms with Crippen LogP contribution < -0.4 is 11.1 Å². The number of hydrogen-bond acceptors (Lipinski definition) is 3. The van der Waals surface area contributed by atoms with E-state index < -0.39 is 6.10 Å². The summed E-state index contributed by atoms with van der Waals surface area (Å²) in [5.74, 6) is 0.474. The van der Waals surface area contributed by atoms with Gasteiger partial charge in [0.15, 0.2) is 0 Å². The van der Waals surface area contributed by atoms with Crippen LogP contribution in [0.2, 0.25) is 0 Å². The zero-order valence-electron chi connectivity index (χ0n) is 14.8. The number of carbonyl (C=O) groups is 1. The smallest absolute Gasteiger partial charge is 0.220 e. The Morgan fingerprint density at radius 3 is 2.14 bits per heavy atom. The quantitative estimate of drug-likeness (QED) is 0.645. The third kappa shape index (κ3) is 10.7. The van der Waals surface area contributed by atoms with E-state index in [9.17, 15) is 9.90 Å². The average Bonchev–Trinajstić information content (AvgIpc) is 2.28. The van der Waals surface area contributed by atoms with Crippen molar-refractivity contribution >= 4 is 5.91 Å². The molecule has 21 heavy (non-hydrogen) atoms. The van der Waals surface area contributed by atoms with Gasteiger partial charge in [0.1, 0.15) is 0 Å². The molecule has 2 atom stereocenters. The van der Waals surface area contributed by atoms with Crippen LogP contribution in [0, 0.1) is 16.7 Å². The molecule has 0 aliphatic heterocycles. The van der Waals surface area contributed by atoms with Crippen LogP contribution in [0.5, 0.6) is 0 Å². The van der Waals surface area contributed by atoms with Crippen molar-refractivity contribution in [3.05, 3.63) is 0 Å². The summed E-state index contributed by atoms with van der Waals surface area (Å²) in [6.45, 7) is 13.8. The van der Waals surface area contributed by atoms with Crippen LogP contribution in [0.25, 0.3) is 0 Å². The van der Waals surface area contributed by atoms with Crippen LogP contribution in [0.4, 0.5) is 0 Å². The second-order valence-corrected chi connectivity index (χ2v) is 8.40. The van der Waals surface area contributed by atoms with Gasteiger partial charge in [-0.3, -0.25) is 4.79 Å². The average molecular weight is 300 g/mol. The largest absolute Gasteiger partial charge is 0.391 e. The van der Waals surface area contributed by atoms with Crippen molar-refractivity contribution in [3.8, 4) is 0 Å². The summed E-state index contributed by atoms with van der Waals surface area (Å²) in [6, 6.07) is 0. The highest BCUT2D eigenvalue weighted by molar-refractivity contribution is 5.75. The number of rotatable bonds is 8. The predicted molar refractivity (Wildman–Crippen MR) is 88.9 cm³/mol. The van der Waals surface area contributed by atoms with Gasteiger partial charge in [-0.25, -0.2) is 0 Å². The van der Waals surface area contributed by atoms with Crippen LogP contribution >= 0.6 is 0 Å². The van der Waals surface area contributed by atoms with Gasteiger partial charge in [-0.05, 0) is 42.6 Å². The number of carbonyl (C=O) groups excluding carboxylic acids is 1. The van der Waals surface area contributed by atoms with Crippen LogP contribution in [-0.4, -0.2) is 30.2 Å². The Morgan fingerprint density at radius 1 is 1.14 bits per heavy atom. The minimum atomic E-state index is -0.476. The van der Waals surface area contributed by atoms with E-state index in [0.717, 1.165) is 12.8 Å². The highest BCUT2D eigenvalue weighted by Gasteiger charge is 2.24. The summed E-state index contributed by atoms with van der Waals surface area (Å²) in [5.41, 5.74) is 5.90. The third-order valence-electron chi connectivity index (χ3n) is 3.84. The Morgan fingerprint density at radius 2 is 1.71 bits per heavy atom. The lowest BCUT2D eigenvalue weighted by molar-refractivity contribution is -0.122. The molecule has 1 amide bonds. The third-order valence-corrected chi connectivity index (χ3v) is 3.84. The Balaban J connectivity index is 4.09. The summed E-state index contributed by atoms with van der Waals surface area (Å²) in [5, 5.41) is 12.7. The first kappa shape index (κ1) is 20.4. The lowest BCUT2D eigenvalue weighted by Crippen LogP contribution is -2.34. The van der Waals surface area contributed by atoms with Crippen molar-refractivity contribution in [1.29, 1.82) is 0 Å². The van der Waals surface area contributed by atoms with Crippen LogP contribution in [0.3, 0.4) is 0 Å². The minimum absolute atomic E-state index is 0.0224. The molecule has 0 aromatic rings. The van der Waals surface area contributed by atoms with Crippen molar-refractivity contribution in [3.63, 3.8) is 0 Å². The molecule has 0 heterocycles. The molecule has 4 nitrogen and oxygen atoms in total. The van der Waals surface area contributed by atoms with Gasteiger partial charge < -0.3 is 16.2 Å². The molecular formula is C17H36N2O2. The molecule has 0 aliphatic rings. The molecule has 0 aromatic carbocycles. The SMILES string of the molecule is CC(C)(C)CC(O)CNC(=O)CCC(CCN)C(C)(C)C. The van der Waals surface area contributed by atoms with Gasteiger partial charge in [-0.15, -0.1) is 0 Å². The molecule has 0 aliphatic carbocycles. The first-order chi connectivity index (χ1) is 9.45. The van der Waals surface area contributed by atoms with E-state index in [1.165, 1.54) is 0 Å². The zero-order valence-corrected chi connectivity index (χ0v) is 14.8. The molecule has 4 N–H and O–H groups in total. The van der Waals surface area contributed by atoms with E-state index in [1.54, 1.807) is 0 Å². The van der Waals surface area contributed by atoms with E-state index in [1.807, 2.05) is 0 Å². The van der Waals surface area contributed by atoms with Gasteiger partial charge in [0.2, 0.25) is 5.91 Å². The number of nitrogens with two attached hydrogens (primary N) is 1. The molecule has 0 rings (SSSR count). The number of hydrogen-bond donors (Lipinski definition) is 3. The van der Waals surface area contributed by atoms with Crippen LogP contribution in [0.15, 0.2) is 0 Å². The summed E-state index contributed by atoms with van der Waals surface area (Å²) < 4.78 is 0. The van der Waals surface area contributed by atoms with Gasteiger partial charge in [0, 0.05) is 13.0 Å². The van der Waals surface area contributed by atoms with Gasteiger partial charge >= 0.3 is 0 Å². The summed E-state index contributed by atoms with van der Waals surface area (Å²) in [4.78, 5) is 11.9. The fourth-order valence-electron chi connectivity index (χ4n) is 2.62. The second-order valence-electron chi connectivity index (χ2n) is 8.40. The summed E-state index contributed by atoms with van der Waals surface area (Å²) in [7, 11) is 0. The second kappa shape index (κ2) is 8.74. The molecule has 0 radical (unpaired) electrons. The first-order valence-corrected chi connectivity index (χ1v) is 8.10. The molecule has 4 heteroatoms. The molecule has 126 valence electrons. The van der Waals surface area contributed by atoms with Crippen molar-refractivity contribution in [1.82, 2.24) is 5.32 Å². The summed E-state index contributed by atoms with van der Waals surface area (Å²) in [6.07, 6.45) is 2.51. The monoisotopic (exact) mass is 300 g/mol. The van der Waals surface area contributed by atoms with Crippen molar-refractivity contribution < 1.29 is 9.90 Å². The molecular weight excluding hydrogens is 264 g/mol. The molecule has 0 saturated heterocycles. The highest BCUT2D eigenvalue weighted by atomic mass is 16.3. The summed E-state index contributed by atoms with van der Waals surface area (Å²) >= 11 is 0. The number of amides is 1. The standard InChI is InChI=1S/C17H36N2O2/c1-16(2,3)11-14(20)12-19-15(21)8-7-13(9-10-18)17(4,5)6/h13-14,20H,7-12,18H2,1-6H3,(H,19,21). The Labute approximate surface area is 130 Å². The van der Waals surface area contributed by atoms with E-state index in [2.05, 4.69) is 46.9 Å². The Bertz CT molecular complexity index is 303. The normalized spacial score (nSPS) is 15.6. The van der Waals surface area contributed by atoms with Crippen molar-refractivity contribution in [2.24, 2.45) is 22.5 Å². The topological polar surface area (TPSA) is 75.3 Å². The van der Waals surface area contributed by atoms with E-state index in [-0.39, 0.29) is 16.7 Å². The van der Waals surface area contributed by atoms with Crippen molar-refractivity contribution in [2.45, 2.75) is 73.3 Å². The maximum absolute atomic E-state index is 11.9. The Kier molecular flexibility index (Phi) is 8.49. The maximum atomic E-state index is 11.9. The van der Waals surface area contributed by atoms with E-state index in [4.69, 9.17) is 5.73 Å². The van der Waals surface area contributed by atoms with Gasteiger partial charge in [0.25, 0.3) is 0 Å². The Hall–Kier alpha value is -0.610. The zero-order chi connectivity index (χ0) is 16.7. The van der Waals surface area contributed by atoms with E-state index in [0.29, 0.717) is 31.8 Å². The number of aliphatic hydroxyl groups excluding tert-OH is 1. The van der Waals surface area contributed by atoms with E-state index >= 15 is 0 Å². The van der Waals surface area contributed by atoms with Crippen LogP contribution in [-0.2, 0) is 4.79 Å². The molecule has 0 aromatic heterocycles. The molecule has 0 spiro atoms. The number of aliphatic hydroxyl groups is 1. The fourth-order valence-corrected chi connectivity index (χ4v) is 2.62. The predicted octanol–water partition coefficient (Wildman–Crippen LogP) is 2.69. The minimum Gasteiger partial charge on any atom is -0.391 e. The number of nitrogens with one attached hydrogen (secondary N) is 1. The maximum Gasteiger partial charge on any atom is 0.220 e. The van der Waals surface area contributed by atoms with Crippen LogP contribution in [0.1, 0.15) is 67.2 Å². The fraction of sp³-hybridized carbons (Fsp3) is 0.941. The van der Waals surface area contributed by atoms with Crippen molar-refractivity contribution in [2.75, 3.05) is 13.1 Å². The van der Waals surface area contributed by atoms with Gasteiger partial charge in [0.05, 0.1) is 6.10 Å². The molecule has 0 bridgehead atoms. The highest BCUT2D eigenvalue weighted by Crippen LogP contribution is 2.32. The lowest BCUT2D eigenvalue weighted by atomic mass is 9.76. The molecule has 2 unspecified atom stereocenters.